The summed E-state index contributed by atoms with van der Waals surface area (Å²) in [5.74, 6) is 1.32. The van der Waals surface area contributed by atoms with Gasteiger partial charge in [0.2, 0.25) is 11.8 Å². The Kier molecular flexibility index (Phi) is 10.5. The second-order valence-electron chi connectivity index (χ2n) is 10.6. The minimum atomic E-state index is -0.262. The summed E-state index contributed by atoms with van der Waals surface area (Å²) in [4.78, 5) is 52.7. The fraction of sp³-hybridized carbons (Fsp3) is 0.741. The minimum Gasteiger partial charge on any atom is -0.466 e. The summed E-state index contributed by atoms with van der Waals surface area (Å²) in [6.07, 6.45) is 8.32. The zero-order chi connectivity index (χ0) is 27.1. The average molecular weight is 566 g/mol. The van der Waals surface area contributed by atoms with E-state index in [1.807, 2.05) is 4.90 Å². The number of carbonyl (C=O) groups excluding carboxylic acids is 3. The molecule has 38 heavy (non-hydrogen) atoms. The van der Waals surface area contributed by atoms with Crippen molar-refractivity contribution in [2.75, 3.05) is 50.0 Å². The number of halogens is 1. The second kappa shape index (κ2) is 13.8. The number of thioether (sulfide) groups is 1. The van der Waals surface area contributed by atoms with Crippen molar-refractivity contribution < 1.29 is 19.1 Å². The zero-order valence-corrected chi connectivity index (χ0v) is 24.1. The van der Waals surface area contributed by atoms with E-state index < -0.39 is 0 Å². The molecule has 2 aliphatic heterocycles. The maximum absolute atomic E-state index is 12.9. The molecular weight excluding hydrogens is 526 g/mol. The van der Waals surface area contributed by atoms with E-state index in [1.165, 1.54) is 37.4 Å². The normalized spacial score (nSPS) is 22.6. The molecule has 210 valence electrons. The van der Waals surface area contributed by atoms with E-state index in [-0.39, 0.29) is 35.5 Å². The van der Waals surface area contributed by atoms with Crippen molar-refractivity contribution in [3.63, 3.8) is 0 Å². The third-order valence-corrected chi connectivity index (χ3v) is 8.92. The maximum Gasteiger partial charge on any atom is 0.310 e. The van der Waals surface area contributed by atoms with Gasteiger partial charge in [-0.3, -0.25) is 14.4 Å². The van der Waals surface area contributed by atoms with E-state index in [2.05, 4.69) is 21.8 Å². The van der Waals surface area contributed by atoms with Gasteiger partial charge in [0.05, 0.1) is 18.3 Å². The first-order valence-corrected chi connectivity index (χ1v) is 15.4. The van der Waals surface area contributed by atoms with Crippen LogP contribution in [0.4, 0.5) is 5.82 Å². The standard InChI is InChI=1S/C27H40ClN5O4S/c1-3-37-26(36)21-9-6-12-32(17-21)25(35)18-38-27-29-22(28)15-23(30-27)31-13-14-33(19(2)16-31)24(34)11-10-20-7-4-5-8-20/h15,19-21H,3-14,16-18H2,1-2H3. The predicted octanol–water partition coefficient (Wildman–Crippen LogP) is 4.03. The van der Waals surface area contributed by atoms with Crippen molar-refractivity contribution in [1.82, 2.24) is 19.8 Å². The first kappa shape index (κ1) is 28.9. The number of anilines is 1. The number of ether oxygens (including phenoxy) is 1. The van der Waals surface area contributed by atoms with E-state index in [9.17, 15) is 14.4 Å². The van der Waals surface area contributed by atoms with Crippen LogP contribution in [0.25, 0.3) is 0 Å². The van der Waals surface area contributed by atoms with Crippen LogP contribution >= 0.6 is 23.4 Å². The lowest BCUT2D eigenvalue weighted by Crippen LogP contribution is -2.54. The lowest BCUT2D eigenvalue weighted by atomic mass is 9.98. The molecule has 3 aliphatic rings. The van der Waals surface area contributed by atoms with Crippen LogP contribution in [0.1, 0.15) is 65.2 Å². The van der Waals surface area contributed by atoms with Gasteiger partial charge in [-0.25, -0.2) is 9.97 Å². The van der Waals surface area contributed by atoms with Gasteiger partial charge in [-0.2, -0.15) is 0 Å². The Labute approximate surface area is 235 Å². The summed E-state index contributed by atoms with van der Waals surface area (Å²) < 4.78 is 5.14. The molecular formula is C27H40ClN5O4S. The highest BCUT2D eigenvalue weighted by Gasteiger charge is 2.31. The van der Waals surface area contributed by atoms with E-state index in [0.29, 0.717) is 61.9 Å². The molecule has 2 saturated heterocycles. The van der Waals surface area contributed by atoms with Crippen molar-refractivity contribution in [2.45, 2.75) is 76.4 Å². The molecule has 0 aromatic carbocycles. The number of nitrogens with zero attached hydrogens (tertiary/aromatic N) is 5. The number of hydrogen-bond donors (Lipinski definition) is 0. The number of amides is 2. The van der Waals surface area contributed by atoms with Gasteiger partial charge in [0.15, 0.2) is 5.16 Å². The van der Waals surface area contributed by atoms with Crippen LogP contribution in [0.5, 0.6) is 0 Å². The monoisotopic (exact) mass is 565 g/mol. The molecule has 4 rings (SSSR count). The van der Waals surface area contributed by atoms with Crippen molar-refractivity contribution in [2.24, 2.45) is 11.8 Å². The van der Waals surface area contributed by atoms with Crippen LogP contribution in [0.15, 0.2) is 11.2 Å². The quantitative estimate of drug-likeness (QED) is 0.192. The first-order chi connectivity index (χ1) is 18.3. The highest BCUT2D eigenvalue weighted by atomic mass is 35.5. The van der Waals surface area contributed by atoms with E-state index in [4.69, 9.17) is 16.3 Å². The number of esters is 1. The second-order valence-corrected chi connectivity index (χ2v) is 12.0. The summed E-state index contributed by atoms with van der Waals surface area (Å²) in [7, 11) is 0. The molecule has 0 radical (unpaired) electrons. The fourth-order valence-electron chi connectivity index (χ4n) is 5.79. The van der Waals surface area contributed by atoms with Gasteiger partial charge in [-0.05, 0) is 39.0 Å². The number of carbonyl (C=O) groups is 3. The number of hydrogen-bond acceptors (Lipinski definition) is 8. The van der Waals surface area contributed by atoms with Gasteiger partial charge in [-0.15, -0.1) is 0 Å². The molecule has 0 bridgehead atoms. The highest BCUT2D eigenvalue weighted by Crippen LogP contribution is 2.30. The Bertz CT molecular complexity index is 992. The van der Waals surface area contributed by atoms with E-state index >= 15 is 0 Å². The average Bonchev–Trinajstić information content (AvgIpc) is 3.44. The summed E-state index contributed by atoms with van der Waals surface area (Å²) in [5.41, 5.74) is 0. The molecule has 0 spiro atoms. The maximum atomic E-state index is 12.9. The minimum absolute atomic E-state index is 0.0486. The number of aromatic nitrogens is 2. The summed E-state index contributed by atoms with van der Waals surface area (Å²) in [6, 6.07) is 1.82. The molecule has 1 aromatic heterocycles. The third-order valence-electron chi connectivity index (χ3n) is 7.89. The topological polar surface area (TPSA) is 95.9 Å². The van der Waals surface area contributed by atoms with Crippen LogP contribution < -0.4 is 4.90 Å². The molecule has 11 heteroatoms. The molecule has 1 saturated carbocycles. The largest absolute Gasteiger partial charge is 0.466 e. The van der Waals surface area contributed by atoms with Gasteiger partial charge in [0.1, 0.15) is 11.0 Å². The molecule has 3 fully saturated rings. The van der Waals surface area contributed by atoms with Crippen LogP contribution in [0, 0.1) is 11.8 Å². The number of piperidine rings is 1. The summed E-state index contributed by atoms with van der Waals surface area (Å²) in [6.45, 7) is 7.26. The molecule has 1 aliphatic carbocycles. The molecule has 0 N–H and O–H groups in total. The molecule has 2 amide bonds. The number of piperazine rings is 1. The van der Waals surface area contributed by atoms with Crippen molar-refractivity contribution >= 4 is 47.0 Å². The molecule has 2 atom stereocenters. The molecule has 1 aromatic rings. The summed E-state index contributed by atoms with van der Waals surface area (Å²) in [5, 5.41) is 0.774. The Balaban J connectivity index is 1.28. The fourth-order valence-corrected chi connectivity index (χ4v) is 6.78. The van der Waals surface area contributed by atoms with Gasteiger partial charge in [0, 0.05) is 51.3 Å². The SMILES string of the molecule is CCOC(=O)C1CCCN(C(=O)CSc2nc(Cl)cc(N3CCN(C(=O)CCC4CCCC4)C(C)C3)n2)C1. The number of rotatable bonds is 9. The van der Waals surface area contributed by atoms with Crippen LogP contribution in [-0.2, 0) is 19.1 Å². The Morgan fingerprint density at radius 2 is 1.84 bits per heavy atom. The van der Waals surface area contributed by atoms with Gasteiger partial charge >= 0.3 is 5.97 Å². The highest BCUT2D eigenvalue weighted by molar-refractivity contribution is 7.99. The van der Waals surface area contributed by atoms with Gasteiger partial charge in [-0.1, -0.05) is 49.0 Å². The van der Waals surface area contributed by atoms with E-state index in [0.717, 1.165) is 25.2 Å². The molecule has 3 heterocycles. The lowest BCUT2D eigenvalue weighted by molar-refractivity contribution is -0.151. The summed E-state index contributed by atoms with van der Waals surface area (Å²) >= 11 is 7.59. The molecule has 9 nitrogen and oxygen atoms in total. The predicted molar refractivity (Wildman–Crippen MR) is 148 cm³/mol. The number of likely N-dealkylation sites (tertiary alicyclic amines) is 1. The van der Waals surface area contributed by atoms with Gasteiger partial charge in [0.25, 0.3) is 0 Å². The Morgan fingerprint density at radius 1 is 1.05 bits per heavy atom. The van der Waals surface area contributed by atoms with Gasteiger partial charge < -0.3 is 19.4 Å². The Morgan fingerprint density at radius 3 is 2.58 bits per heavy atom. The van der Waals surface area contributed by atoms with Crippen LogP contribution in [0.3, 0.4) is 0 Å². The van der Waals surface area contributed by atoms with Crippen LogP contribution in [0.2, 0.25) is 5.15 Å². The molecule has 2 unspecified atom stereocenters. The van der Waals surface area contributed by atoms with Crippen molar-refractivity contribution in [1.29, 1.82) is 0 Å². The first-order valence-electron chi connectivity index (χ1n) is 14.0. The smallest absolute Gasteiger partial charge is 0.310 e. The third kappa shape index (κ3) is 7.74. The van der Waals surface area contributed by atoms with E-state index in [1.54, 1.807) is 17.9 Å². The lowest BCUT2D eigenvalue weighted by Gasteiger charge is -2.40. The van der Waals surface area contributed by atoms with Crippen molar-refractivity contribution in [3.8, 4) is 0 Å². The van der Waals surface area contributed by atoms with Crippen molar-refractivity contribution in [3.05, 3.63) is 11.2 Å². The Hall–Kier alpha value is -2.07. The van der Waals surface area contributed by atoms with Crippen LogP contribution in [-0.4, -0.2) is 88.7 Å². The zero-order valence-electron chi connectivity index (χ0n) is 22.6.